The lowest BCUT2D eigenvalue weighted by Gasteiger charge is -2.19. The van der Waals surface area contributed by atoms with Gasteiger partial charge in [0.2, 0.25) is 0 Å². The third kappa shape index (κ3) is 3.52. The Balaban J connectivity index is 2.18. The van der Waals surface area contributed by atoms with Crippen molar-refractivity contribution in [2.45, 2.75) is 59.5 Å². The van der Waals surface area contributed by atoms with Crippen LogP contribution in [0.3, 0.4) is 0 Å². The Morgan fingerprint density at radius 1 is 1.50 bits per heavy atom. The summed E-state index contributed by atoms with van der Waals surface area (Å²) in [5.74, 6) is 1.80. The first-order valence-corrected chi connectivity index (χ1v) is 7.46. The highest BCUT2D eigenvalue weighted by molar-refractivity contribution is 5.99. The number of aliphatic imine (C=N–C) groups is 1. The van der Waals surface area contributed by atoms with Crippen LogP contribution >= 0.6 is 0 Å². The first kappa shape index (κ1) is 14.9. The maximum absolute atomic E-state index is 6.16. The van der Waals surface area contributed by atoms with Gasteiger partial charge in [-0.25, -0.2) is 4.98 Å². The van der Waals surface area contributed by atoms with Gasteiger partial charge in [-0.15, -0.1) is 0 Å². The Bertz CT molecular complexity index is 491. The largest absolute Gasteiger partial charge is 0.383 e. The molecule has 1 aliphatic carbocycles. The van der Waals surface area contributed by atoms with Crippen LogP contribution < -0.4 is 11.5 Å². The number of hydrogen-bond donors (Lipinski definition) is 2. The van der Waals surface area contributed by atoms with Crippen LogP contribution in [0.1, 0.15) is 52.7 Å². The van der Waals surface area contributed by atoms with E-state index in [-0.39, 0.29) is 5.41 Å². The van der Waals surface area contributed by atoms with Gasteiger partial charge < -0.3 is 16.0 Å². The SMILES string of the molecule is CCC(N=C(N)c1ncn(CC(C)(C)C)c1N)C1CC1. The molecule has 4 N–H and O–H groups in total. The molecule has 0 aliphatic heterocycles. The number of nitrogens with two attached hydrogens (primary N) is 2. The molecule has 1 saturated carbocycles. The maximum Gasteiger partial charge on any atom is 0.148 e. The second-order valence-electron chi connectivity index (χ2n) is 6.99. The maximum atomic E-state index is 6.16. The van der Waals surface area contributed by atoms with Crippen molar-refractivity contribution in [2.24, 2.45) is 22.1 Å². The zero-order valence-electron chi connectivity index (χ0n) is 13.1. The zero-order valence-corrected chi connectivity index (χ0v) is 13.1. The molecular weight excluding hydrogens is 250 g/mol. The summed E-state index contributed by atoms with van der Waals surface area (Å²) in [7, 11) is 0. The Labute approximate surface area is 121 Å². The van der Waals surface area contributed by atoms with E-state index in [1.165, 1.54) is 12.8 Å². The summed E-state index contributed by atoms with van der Waals surface area (Å²) >= 11 is 0. The minimum Gasteiger partial charge on any atom is -0.383 e. The van der Waals surface area contributed by atoms with Gasteiger partial charge in [0.15, 0.2) is 0 Å². The number of nitrogens with zero attached hydrogens (tertiary/aromatic N) is 3. The number of imidazole rings is 1. The van der Waals surface area contributed by atoms with Crippen LogP contribution in [0.25, 0.3) is 0 Å². The first-order valence-electron chi connectivity index (χ1n) is 7.46. The molecule has 2 rings (SSSR count). The summed E-state index contributed by atoms with van der Waals surface area (Å²) < 4.78 is 1.95. The molecule has 1 unspecified atom stereocenters. The van der Waals surface area contributed by atoms with Crippen LogP contribution in [0.4, 0.5) is 5.82 Å². The van der Waals surface area contributed by atoms with Crippen molar-refractivity contribution >= 4 is 11.7 Å². The first-order chi connectivity index (χ1) is 9.31. The van der Waals surface area contributed by atoms with Gasteiger partial charge in [0.05, 0.1) is 12.4 Å². The van der Waals surface area contributed by atoms with Gasteiger partial charge >= 0.3 is 0 Å². The Morgan fingerprint density at radius 2 is 2.15 bits per heavy atom. The van der Waals surface area contributed by atoms with E-state index in [4.69, 9.17) is 11.5 Å². The predicted octanol–water partition coefficient (Wildman–Crippen LogP) is 2.41. The average molecular weight is 277 g/mol. The van der Waals surface area contributed by atoms with Crippen molar-refractivity contribution < 1.29 is 0 Å². The molecule has 1 atom stereocenters. The van der Waals surface area contributed by atoms with Crippen LogP contribution in [0.2, 0.25) is 0 Å². The van der Waals surface area contributed by atoms with Gasteiger partial charge in [-0.3, -0.25) is 4.99 Å². The molecule has 1 aromatic rings. The second-order valence-corrected chi connectivity index (χ2v) is 6.99. The molecule has 1 aliphatic rings. The molecule has 0 amide bonds. The number of hydrogen-bond acceptors (Lipinski definition) is 3. The van der Waals surface area contributed by atoms with Gasteiger partial charge in [-0.1, -0.05) is 27.7 Å². The molecule has 1 fully saturated rings. The van der Waals surface area contributed by atoms with E-state index in [9.17, 15) is 0 Å². The number of rotatable bonds is 5. The Hall–Kier alpha value is -1.52. The fraction of sp³-hybridized carbons (Fsp3) is 0.733. The molecule has 5 nitrogen and oxygen atoms in total. The quantitative estimate of drug-likeness (QED) is 0.640. The van der Waals surface area contributed by atoms with Crippen molar-refractivity contribution in [3.05, 3.63) is 12.0 Å². The molecule has 0 bridgehead atoms. The number of nitrogen functional groups attached to an aromatic ring is 1. The monoisotopic (exact) mass is 277 g/mol. The molecule has 20 heavy (non-hydrogen) atoms. The molecule has 112 valence electrons. The lowest BCUT2D eigenvalue weighted by molar-refractivity contribution is 0.346. The van der Waals surface area contributed by atoms with E-state index in [2.05, 4.69) is 37.7 Å². The van der Waals surface area contributed by atoms with Crippen LogP contribution in [0, 0.1) is 11.3 Å². The van der Waals surface area contributed by atoms with Gasteiger partial charge in [0, 0.05) is 6.54 Å². The normalized spacial score (nSPS) is 18.3. The van der Waals surface area contributed by atoms with E-state index in [1.807, 2.05) is 4.57 Å². The van der Waals surface area contributed by atoms with E-state index in [0.717, 1.165) is 13.0 Å². The van der Waals surface area contributed by atoms with Crippen LogP contribution in [-0.4, -0.2) is 21.4 Å². The predicted molar refractivity (Wildman–Crippen MR) is 83.6 cm³/mol. The summed E-state index contributed by atoms with van der Waals surface area (Å²) in [6.45, 7) is 9.48. The van der Waals surface area contributed by atoms with Crippen molar-refractivity contribution in [3.8, 4) is 0 Å². The molecular formula is C15H27N5. The standard InChI is InChI=1S/C15H27N5/c1-5-11(10-6-7-10)19-13(16)12-14(17)20(9-18-12)8-15(2,3)4/h9-11H,5-8,17H2,1-4H3,(H2,16,19). The van der Waals surface area contributed by atoms with E-state index in [1.54, 1.807) is 6.33 Å². The molecule has 5 heteroatoms. The smallest absolute Gasteiger partial charge is 0.148 e. The van der Waals surface area contributed by atoms with Crippen molar-refractivity contribution in [1.29, 1.82) is 0 Å². The fourth-order valence-electron chi connectivity index (χ4n) is 2.48. The van der Waals surface area contributed by atoms with Crippen LogP contribution in [0.5, 0.6) is 0 Å². The van der Waals surface area contributed by atoms with Crippen LogP contribution in [-0.2, 0) is 6.54 Å². The fourth-order valence-corrected chi connectivity index (χ4v) is 2.48. The Kier molecular flexibility index (Phi) is 4.06. The highest BCUT2D eigenvalue weighted by Crippen LogP contribution is 2.36. The summed E-state index contributed by atoms with van der Waals surface area (Å²) in [4.78, 5) is 8.99. The van der Waals surface area contributed by atoms with Gasteiger partial charge in [0.25, 0.3) is 0 Å². The van der Waals surface area contributed by atoms with Crippen LogP contribution in [0.15, 0.2) is 11.3 Å². The summed E-state index contributed by atoms with van der Waals surface area (Å²) in [5, 5.41) is 0. The van der Waals surface area contributed by atoms with Gasteiger partial charge in [-0.05, 0) is 30.6 Å². The van der Waals surface area contributed by atoms with Crippen molar-refractivity contribution in [3.63, 3.8) is 0 Å². The molecule has 0 saturated heterocycles. The highest BCUT2D eigenvalue weighted by Gasteiger charge is 2.30. The third-order valence-corrected chi connectivity index (χ3v) is 3.65. The van der Waals surface area contributed by atoms with Gasteiger partial charge in [0.1, 0.15) is 17.3 Å². The molecule has 0 spiro atoms. The second kappa shape index (κ2) is 5.46. The average Bonchev–Trinajstić information content (AvgIpc) is 3.12. The van der Waals surface area contributed by atoms with E-state index >= 15 is 0 Å². The number of anilines is 1. The molecule has 1 aromatic heterocycles. The zero-order chi connectivity index (χ0) is 14.9. The Morgan fingerprint density at radius 3 is 2.65 bits per heavy atom. The molecule has 0 radical (unpaired) electrons. The topological polar surface area (TPSA) is 82.2 Å². The van der Waals surface area contributed by atoms with Crippen molar-refractivity contribution in [2.75, 3.05) is 5.73 Å². The lowest BCUT2D eigenvalue weighted by Crippen LogP contribution is -2.22. The molecule has 0 aromatic carbocycles. The number of amidine groups is 1. The van der Waals surface area contributed by atoms with Crippen molar-refractivity contribution in [1.82, 2.24) is 9.55 Å². The summed E-state index contributed by atoms with van der Waals surface area (Å²) in [6.07, 6.45) is 5.32. The summed E-state index contributed by atoms with van der Waals surface area (Å²) in [6, 6.07) is 0.321. The highest BCUT2D eigenvalue weighted by atomic mass is 15.1. The third-order valence-electron chi connectivity index (χ3n) is 3.65. The minimum absolute atomic E-state index is 0.151. The number of aromatic nitrogens is 2. The van der Waals surface area contributed by atoms with E-state index in [0.29, 0.717) is 29.3 Å². The van der Waals surface area contributed by atoms with E-state index < -0.39 is 0 Å². The summed E-state index contributed by atoms with van der Waals surface area (Å²) in [5.41, 5.74) is 13.1. The molecule has 1 heterocycles. The lowest BCUT2D eigenvalue weighted by atomic mass is 9.97. The minimum atomic E-state index is 0.151. The van der Waals surface area contributed by atoms with Gasteiger partial charge in [-0.2, -0.15) is 0 Å².